The monoisotopic (exact) mass is 958 g/mol. The minimum atomic E-state index is -3.47. The van der Waals surface area contributed by atoms with Crippen LogP contribution in [0.4, 0.5) is 25.3 Å². The van der Waals surface area contributed by atoms with Crippen LogP contribution >= 0.6 is 45.9 Å². The van der Waals surface area contributed by atoms with Gasteiger partial charge >= 0.3 is 0 Å². The van der Waals surface area contributed by atoms with Crippen molar-refractivity contribution in [1.29, 1.82) is 0 Å². The van der Waals surface area contributed by atoms with Gasteiger partial charge in [-0.3, -0.25) is 23.5 Å². The zero-order chi connectivity index (χ0) is 44.6. The molecule has 0 saturated heterocycles. The molecule has 4 aromatic carbocycles. The molecule has 0 spiro atoms. The Labute approximate surface area is 379 Å². The molecule has 0 atom stereocenters. The van der Waals surface area contributed by atoms with E-state index in [1.807, 2.05) is 0 Å². The normalized spacial score (nSPS) is 10.5. The van der Waals surface area contributed by atoms with Crippen LogP contribution in [0.25, 0.3) is 32.1 Å². The minimum absolute atomic E-state index is 0. The van der Waals surface area contributed by atoms with Crippen LogP contribution in [0, 0.1) is 25.5 Å². The molecule has 0 unspecified atom stereocenters. The molecule has 0 amide bonds. The summed E-state index contributed by atoms with van der Waals surface area (Å²) in [5.41, 5.74) is 8.34. The fourth-order valence-corrected chi connectivity index (χ4v) is 8.55. The first-order valence-corrected chi connectivity index (χ1v) is 21.7. The predicted octanol–water partition coefficient (Wildman–Crippen LogP) is 10.1. The number of aromatic nitrogens is 6. The number of halogens is 4. The molecule has 0 saturated carbocycles. The highest BCUT2D eigenvalue weighted by atomic mass is 35.5. The van der Waals surface area contributed by atoms with Gasteiger partial charge in [0, 0.05) is 18.3 Å². The van der Waals surface area contributed by atoms with Crippen LogP contribution < -0.4 is 22.2 Å². The minimum Gasteiger partial charge on any atom is -0.481 e. The Balaban J connectivity index is 0.000000258. The van der Waals surface area contributed by atoms with Crippen molar-refractivity contribution in [1.82, 2.24) is 29.1 Å². The number of thiazole rings is 2. The second-order valence-electron chi connectivity index (χ2n) is 12.6. The number of anilines is 3. The molecule has 0 radical (unpaired) electrons. The molecule has 0 aliphatic heterocycles. The van der Waals surface area contributed by atoms with Crippen molar-refractivity contribution in [3.05, 3.63) is 151 Å². The van der Waals surface area contributed by atoms with Gasteiger partial charge in [-0.05, 0) is 73.5 Å². The molecule has 4 heterocycles. The van der Waals surface area contributed by atoms with E-state index >= 15 is 0 Å². The van der Waals surface area contributed by atoms with Crippen molar-refractivity contribution < 1.29 is 27.1 Å². The summed E-state index contributed by atoms with van der Waals surface area (Å²) in [6.45, 7) is 6.00. The summed E-state index contributed by atoms with van der Waals surface area (Å²) < 4.78 is 53.1. The highest BCUT2D eigenvalue weighted by molar-refractivity contribution is 7.93. The lowest BCUT2D eigenvalue weighted by molar-refractivity contribution is -0.134. The van der Waals surface area contributed by atoms with Gasteiger partial charge < -0.3 is 16.2 Å². The van der Waals surface area contributed by atoms with E-state index in [0.717, 1.165) is 29.6 Å². The zero-order valence-electron chi connectivity index (χ0n) is 32.4. The molecule has 332 valence electrons. The first kappa shape index (κ1) is 51.2. The number of sulfone groups is 1. The molecule has 8 rings (SSSR count). The molecule has 0 aliphatic rings. The molecule has 0 bridgehead atoms. The SMILES string of the molecule is C.C.CC(=O)O.CCS(=O)(=O)c1nc2ncn(-c3ccccc3Cl)c(=O)c2s1.Cc1ccc(N)cc1F.Cc1ccc(Nc2nc3ncn(-c4ccccc4Cl)c(=O)c3s2)cc1F. The van der Waals surface area contributed by atoms with Crippen molar-refractivity contribution in [3.63, 3.8) is 0 Å². The highest BCUT2D eigenvalue weighted by Crippen LogP contribution is 2.28. The zero-order valence-corrected chi connectivity index (χ0v) is 36.4. The Hall–Kier alpha value is -6.12. The number of carbonyl (C=O) groups is 1. The van der Waals surface area contributed by atoms with E-state index in [0.29, 0.717) is 59.4 Å². The largest absolute Gasteiger partial charge is 0.481 e. The van der Waals surface area contributed by atoms with Gasteiger partial charge in [-0.25, -0.2) is 32.2 Å². The van der Waals surface area contributed by atoms with E-state index in [2.05, 4.69) is 25.3 Å². The van der Waals surface area contributed by atoms with Crippen molar-refractivity contribution in [3.8, 4) is 11.4 Å². The fraction of sp³-hybridized carbons (Fsp3) is 0.167. The van der Waals surface area contributed by atoms with Gasteiger partial charge in [-0.15, -0.1) is 0 Å². The lowest BCUT2D eigenvalue weighted by atomic mass is 10.2. The van der Waals surface area contributed by atoms with Gasteiger partial charge in [0.15, 0.2) is 16.4 Å². The summed E-state index contributed by atoms with van der Waals surface area (Å²) in [6, 6.07) is 23.3. The topological polar surface area (TPSA) is 205 Å². The summed E-state index contributed by atoms with van der Waals surface area (Å²) in [7, 11) is -3.47. The number of fused-ring (bicyclic) bond motifs is 2. The van der Waals surface area contributed by atoms with E-state index < -0.39 is 21.4 Å². The number of carboxylic acid groups (broad SMARTS) is 1. The molecule has 14 nitrogen and oxygen atoms in total. The predicted molar refractivity (Wildman–Crippen MR) is 251 cm³/mol. The quantitative estimate of drug-likeness (QED) is 0.133. The number of para-hydroxylation sites is 2. The summed E-state index contributed by atoms with van der Waals surface area (Å²) in [4.78, 5) is 50.9. The van der Waals surface area contributed by atoms with E-state index in [-0.39, 0.29) is 52.5 Å². The van der Waals surface area contributed by atoms with Crippen LogP contribution in [-0.4, -0.2) is 54.3 Å². The maximum Gasteiger partial charge on any atom is 0.300 e. The fourth-order valence-electron chi connectivity index (χ4n) is 4.96. The Morgan fingerprint density at radius 2 is 1.24 bits per heavy atom. The van der Waals surface area contributed by atoms with Crippen LogP contribution in [0.15, 0.2) is 112 Å². The Kier molecular flexibility index (Phi) is 18.1. The summed E-state index contributed by atoms with van der Waals surface area (Å²) in [6.07, 6.45) is 2.70. The standard InChI is InChI=1S/C18H12ClFN4OS.C13H10ClN3O3S2.C7H8FN.C2H4O2.2CH4/c1-10-6-7-11(8-13(10)20)22-18-23-16-15(26-18)17(25)24(9-21-16)14-5-3-2-4-12(14)19;1-2-22(19,20)13-16-11-10(21-13)12(18)17(7-15-11)9-6-4-3-5-8(9)14;1-5-2-3-6(9)4-7(5)8;1-2(3)4;;/h2-9H,1H3,(H,22,23);3-7H,2H2,1H3;2-4H,9H2,1H3;1H3,(H,3,4);2*1H4. The molecule has 4 N–H and O–H groups in total. The Morgan fingerprint density at radius 1 is 0.778 bits per heavy atom. The number of aliphatic carboxylic acids is 1. The van der Waals surface area contributed by atoms with Crippen LogP contribution in [0.5, 0.6) is 0 Å². The number of benzene rings is 4. The number of nitrogens with zero attached hydrogens (tertiary/aromatic N) is 6. The highest BCUT2D eigenvalue weighted by Gasteiger charge is 2.21. The summed E-state index contributed by atoms with van der Waals surface area (Å²) in [5.74, 6) is -1.46. The van der Waals surface area contributed by atoms with Gasteiger partial charge in [-0.1, -0.05) is 104 Å². The third-order valence-electron chi connectivity index (χ3n) is 8.11. The molecular formula is C42H42Cl2F2N8O6S3. The van der Waals surface area contributed by atoms with E-state index in [4.69, 9.17) is 38.8 Å². The maximum atomic E-state index is 13.7. The Bertz CT molecular complexity index is 3120. The van der Waals surface area contributed by atoms with Gasteiger partial charge in [0.05, 0.1) is 27.2 Å². The molecule has 0 aliphatic carbocycles. The van der Waals surface area contributed by atoms with Gasteiger partial charge in [0.25, 0.3) is 17.1 Å². The second kappa shape index (κ2) is 22.3. The number of hydrogen-bond acceptors (Lipinski definition) is 13. The molecule has 4 aromatic heterocycles. The van der Waals surface area contributed by atoms with Crippen LogP contribution in [0.1, 0.15) is 39.8 Å². The average molecular weight is 960 g/mol. The number of nitrogens with two attached hydrogens (primary N) is 1. The maximum absolute atomic E-state index is 13.7. The molecule has 63 heavy (non-hydrogen) atoms. The van der Waals surface area contributed by atoms with Crippen molar-refractivity contribution in [2.75, 3.05) is 16.8 Å². The third-order valence-corrected chi connectivity index (χ3v) is 12.9. The molecule has 0 fully saturated rings. The number of rotatable bonds is 6. The van der Waals surface area contributed by atoms with Crippen LogP contribution in [-0.2, 0) is 14.6 Å². The van der Waals surface area contributed by atoms with E-state index in [9.17, 15) is 26.8 Å². The first-order chi connectivity index (χ1) is 28.9. The average Bonchev–Trinajstić information content (AvgIpc) is 3.85. The molecule has 21 heteroatoms. The van der Waals surface area contributed by atoms with E-state index in [1.54, 1.807) is 86.6 Å². The van der Waals surface area contributed by atoms with Crippen LogP contribution in [0.3, 0.4) is 0 Å². The smallest absolute Gasteiger partial charge is 0.300 e. The van der Waals surface area contributed by atoms with Crippen molar-refractivity contribution in [2.24, 2.45) is 0 Å². The second-order valence-corrected chi connectivity index (χ2v) is 17.8. The summed E-state index contributed by atoms with van der Waals surface area (Å²) >= 11 is 14.3. The number of hydrogen-bond donors (Lipinski definition) is 3. The van der Waals surface area contributed by atoms with Crippen LogP contribution in [0.2, 0.25) is 10.0 Å². The van der Waals surface area contributed by atoms with Crippen molar-refractivity contribution >= 4 is 98.9 Å². The third kappa shape index (κ3) is 12.7. The first-order valence-electron chi connectivity index (χ1n) is 17.6. The molecular weight excluding hydrogens is 918 g/mol. The Morgan fingerprint density at radius 3 is 1.70 bits per heavy atom. The lowest BCUT2D eigenvalue weighted by Gasteiger charge is -2.06. The van der Waals surface area contributed by atoms with Gasteiger partial charge in [0.2, 0.25) is 14.2 Å². The van der Waals surface area contributed by atoms with Gasteiger partial charge in [-0.2, -0.15) is 4.98 Å². The lowest BCUT2D eigenvalue weighted by Crippen LogP contribution is -2.18. The summed E-state index contributed by atoms with van der Waals surface area (Å²) in [5, 5.41) is 11.7. The van der Waals surface area contributed by atoms with Crippen molar-refractivity contribution in [2.45, 2.75) is 46.9 Å². The number of nitrogen functional groups attached to an aromatic ring is 1. The number of aryl methyl sites for hydroxylation is 2. The number of carboxylic acids is 1. The van der Waals surface area contributed by atoms with Gasteiger partial charge in [0.1, 0.15) is 33.7 Å². The molecule has 8 aromatic rings. The number of nitrogens with one attached hydrogen (secondary N) is 1. The van der Waals surface area contributed by atoms with E-state index in [1.165, 1.54) is 40.8 Å².